The first-order valence-electron chi connectivity index (χ1n) is 6.91. The zero-order valence-electron chi connectivity index (χ0n) is 12.6. The Morgan fingerprint density at radius 1 is 0.950 bits per heavy atom. The summed E-state index contributed by atoms with van der Waals surface area (Å²) in [6.07, 6.45) is -0.728. The van der Waals surface area contributed by atoms with E-state index in [2.05, 4.69) is 0 Å². The number of aliphatic hydroxyl groups is 1. The lowest BCUT2D eigenvalue weighted by Gasteiger charge is -2.19. The molecular formula is C15H24O5. The van der Waals surface area contributed by atoms with Crippen LogP contribution in [0.3, 0.4) is 0 Å². The Morgan fingerprint density at radius 3 is 1.85 bits per heavy atom. The maximum absolute atomic E-state index is 10.0. The van der Waals surface area contributed by atoms with Gasteiger partial charge in [-0.05, 0) is 38.5 Å². The van der Waals surface area contributed by atoms with E-state index >= 15 is 0 Å². The molecule has 1 atom stereocenters. The highest BCUT2D eigenvalue weighted by atomic mass is 16.5. The van der Waals surface area contributed by atoms with E-state index in [9.17, 15) is 5.11 Å². The molecule has 0 saturated carbocycles. The molecule has 0 aliphatic heterocycles. The smallest absolute Gasteiger partial charge is 0.203 e. The Morgan fingerprint density at radius 2 is 1.45 bits per heavy atom. The first kappa shape index (κ1) is 16.6. The van der Waals surface area contributed by atoms with Crippen LogP contribution in [-0.4, -0.2) is 38.6 Å². The highest BCUT2D eigenvalue weighted by Gasteiger charge is 2.18. The summed E-state index contributed by atoms with van der Waals surface area (Å²) >= 11 is 0. The summed E-state index contributed by atoms with van der Waals surface area (Å²) < 4.78 is 21.8. The third-order valence-electron chi connectivity index (χ3n) is 2.64. The minimum Gasteiger partial charge on any atom is -0.490 e. The predicted octanol–water partition coefficient (Wildman–Crippen LogP) is 2.56. The van der Waals surface area contributed by atoms with Crippen LogP contribution in [-0.2, 0) is 4.74 Å². The largest absolute Gasteiger partial charge is 0.490 e. The van der Waals surface area contributed by atoms with Crippen molar-refractivity contribution < 1.29 is 24.1 Å². The first-order valence-corrected chi connectivity index (χ1v) is 6.91. The van der Waals surface area contributed by atoms with Crippen LogP contribution < -0.4 is 14.2 Å². The second-order valence-electron chi connectivity index (χ2n) is 4.12. The molecule has 5 nitrogen and oxygen atoms in total. The van der Waals surface area contributed by atoms with Gasteiger partial charge in [0.2, 0.25) is 5.75 Å². The molecule has 1 rings (SSSR count). The Bertz CT molecular complexity index is 378. The molecule has 20 heavy (non-hydrogen) atoms. The maximum Gasteiger partial charge on any atom is 0.203 e. The van der Waals surface area contributed by atoms with Gasteiger partial charge in [0.15, 0.2) is 11.5 Å². The molecule has 1 aromatic carbocycles. The monoisotopic (exact) mass is 284 g/mol. The van der Waals surface area contributed by atoms with Gasteiger partial charge in [0.05, 0.1) is 26.4 Å². The summed E-state index contributed by atoms with van der Waals surface area (Å²) in [5, 5.41) is 10.0. The fraction of sp³-hybridized carbons (Fsp3) is 0.600. The van der Waals surface area contributed by atoms with E-state index in [1.54, 1.807) is 19.2 Å². The number of rotatable bonds is 9. The topological polar surface area (TPSA) is 57.2 Å². The Balaban J connectivity index is 3.21. The summed E-state index contributed by atoms with van der Waals surface area (Å²) in [6.45, 7) is 7.44. The van der Waals surface area contributed by atoms with Crippen molar-refractivity contribution in [2.45, 2.75) is 26.9 Å². The number of aliphatic hydroxyl groups excluding tert-OH is 1. The van der Waals surface area contributed by atoms with Crippen molar-refractivity contribution in [3.05, 3.63) is 17.7 Å². The molecule has 0 heterocycles. The summed E-state index contributed by atoms with van der Waals surface area (Å²) in [7, 11) is 1.55. The van der Waals surface area contributed by atoms with Crippen molar-refractivity contribution in [2.24, 2.45) is 0 Å². The fourth-order valence-corrected chi connectivity index (χ4v) is 1.86. The Hall–Kier alpha value is -1.46. The van der Waals surface area contributed by atoms with E-state index in [4.69, 9.17) is 18.9 Å². The summed E-state index contributed by atoms with van der Waals surface area (Å²) in [4.78, 5) is 0. The van der Waals surface area contributed by atoms with Gasteiger partial charge < -0.3 is 24.1 Å². The van der Waals surface area contributed by atoms with Gasteiger partial charge in [-0.15, -0.1) is 0 Å². The molecule has 114 valence electrons. The molecular weight excluding hydrogens is 260 g/mol. The zero-order valence-corrected chi connectivity index (χ0v) is 12.6. The van der Waals surface area contributed by atoms with Gasteiger partial charge in [-0.3, -0.25) is 0 Å². The van der Waals surface area contributed by atoms with Crippen molar-refractivity contribution in [3.63, 3.8) is 0 Å². The van der Waals surface area contributed by atoms with Gasteiger partial charge in [-0.2, -0.15) is 0 Å². The average Bonchev–Trinajstić information content (AvgIpc) is 2.43. The van der Waals surface area contributed by atoms with E-state index in [-0.39, 0.29) is 6.61 Å². The third-order valence-corrected chi connectivity index (χ3v) is 2.64. The van der Waals surface area contributed by atoms with Gasteiger partial charge >= 0.3 is 0 Å². The SMILES string of the molecule is CCOc1cc(C(O)COC)cc(OCC)c1OCC. The van der Waals surface area contributed by atoms with Gasteiger partial charge in [0.25, 0.3) is 0 Å². The zero-order chi connectivity index (χ0) is 15.0. The first-order chi connectivity index (χ1) is 9.67. The lowest BCUT2D eigenvalue weighted by atomic mass is 10.1. The molecule has 1 aromatic rings. The summed E-state index contributed by atoms with van der Waals surface area (Å²) in [6, 6.07) is 3.53. The van der Waals surface area contributed by atoms with E-state index in [0.29, 0.717) is 42.6 Å². The number of methoxy groups -OCH3 is 1. The van der Waals surface area contributed by atoms with E-state index in [1.807, 2.05) is 20.8 Å². The van der Waals surface area contributed by atoms with Crippen LogP contribution in [0.2, 0.25) is 0 Å². The predicted molar refractivity (Wildman–Crippen MR) is 76.8 cm³/mol. The van der Waals surface area contributed by atoms with Crippen LogP contribution in [0, 0.1) is 0 Å². The van der Waals surface area contributed by atoms with Crippen molar-refractivity contribution in [1.82, 2.24) is 0 Å². The van der Waals surface area contributed by atoms with Crippen molar-refractivity contribution in [3.8, 4) is 17.2 Å². The van der Waals surface area contributed by atoms with Gasteiger partial charge in [-0.1, -0.05) is 0 Å². The maximum atomic E-state index is 10.0. The van der Waals surface area contributed by atoms with Crippen LogP contribution in [0.1, 0.15) is 32.4 Å². The van der Waals surface area contributed by atoms with Crippen LogP contribution in [0.5, 0.6) is 17.2 Å². The number of hydrogen-bond acceptors (Lipinski definition) is 5. The van der Waals surface area contributed by atoms with Crippen molar-refractivity contribution in [2.75, 3.05) is 33.5 Å². The van der Waals surface area contributed by atoms with E-state index < -0.39 is 6.10 Å². The molecule has 1 N–H and O–H groups in total. The van der Waals surface area contributed by atoms with Crippen LogP contribution in [0.15, 0.2) is 12.1 Å². The molecule has 0 radical (unpaired) electrons. The Labute approximate surface area is 120 Å². The molecule has 1 unspecified atom stereocenters. The molecule has 0 spiro atoms. The molecule has 0 saturated heterocycles. The summed E-state index contributed by atoms with van der Waals surface area (Å²) in [5.41, 5.74) is 0.683. The molecule has 0 aliphatic carbocycles. The second-order valence-corrected chi connectivity index (χ2v) is 4.12. The third kappa shape index (κ3) is 4.28. The highest BCUT2D eigenvalue weighted by Crippen LogP contribution is 2.40. The lowest BCUT2D eigenvalue weighted by molar-refractivity contribution is 0.0639. The molecule has 0 bridgehead atoms. The van der Waals surface area contributed by atoms with Crippen LogP contribution in [0.25, 0.3) is 0 Å². The molecule has 0 amide bonds. The lowest BCUT2D eigenvalue weighted by Crippen LogP contribution is -2.08. The second kappa shape index (κ2) is 8.66. The van der Waals surface area contributed by atoms with Gasteiger partial charge in [0, 0.05) is 7.11 Å². The number of benzene rings is 1. The van der Waals surface area contributed by atoms with Gasteiger partial charge in [0.1, 0.15) is 6.10 Å². The van der Waals surface area contributed by atoms with Crippen LogP contribution >= 0.6 is 0 Å². The molecule has 0 aliphatic rings. The Kier molecular flexibility index (Phi) is 7.18. The minimum atomic E-state index is -0.728. The van der Waals surface area contributed by atoms with Crippen molar-refractivity contribution in [1.29, 1.82) is 0 Å². The molecule has 0 fully saturated rings. The van der Waals surface area contributed by atoms with E-state index in [0.717, 1.165) is 0 Å². The quantitative estimate of drug-likeness (QED) is 0.755. The van der Waals surface area contributed by atoms with Crippen LogP contribution in [0.4, 0.5) is 0 Å². The van der Waals surface area contributed by atoms with E-state index in [1.165, 1.54) is 0 Å². The fourth-order valence-electron chi connectivity index (χ4n) is 1.86. The number of ether oxygens (including phenoxy) is 4. The van der Waals surface area contributed by atoms with Crippen molar-refractivity contribution >= 4 is 0 Å². The van der Waals surface area contributed by atoms with Gasteiger partial charge in [-0.25, -0.2) is 0 Å². The summed E-state index contributed by atoms with van der Waals surface area (Å²) in [5.74, 6) is 1.72. The molecule has 0 aromatic heterocycles. The number of hydrogen-bond donors (Lipinski definition) is 1. The molecule has 5 heteroatoms. The highest BCUT2D eigenvalue weighted by molar-refractivity contribution is 5.54. The standard InChI is InChI=1S/C15H24O5/c1-5-18-13-8-11(12(16)10-17-4)9-14(19-6-2)15(13)20-7-3/h8-9,12,16H,5-7,10H2,1-4H3. The minimum absolute atomic E-state index is 0.213. The average molecular weight is 284 g/mol. The normalized spacial score (nSPS) is 12.1.